The maximum absolute atomic E-state index is 12.1. The van der Waals surface area contributed by atoms with E-state index in [0.29, 0.717) is 12.2 Å². The molecule has 0 radical (unpaired) electrons. The van der Waals surface area contributed by atoms with Crippen LogP contribution < -0.4 is 9.47 Å². The van der Waals surface area contributed by atoms with Gasteiger partial charge in [0.15, 0.2) is 0 Å². The van der Waals surface area contributed by atoms with Gasteiger partial charge in [0.25, 0.3) is 0 Å². The summed E-state index contributed by atoms with van der Waals surface area (Å²) >= 11 is 0. The highest BCUT2D eigenvalue weighted by Gasteiger charge is 2.31. The smallest absolute Gasteiger partial charge is 0.494 e. The fraction of sp³-hybridized carbons (Fsp3) is 0.455. The summed E-state index contributed by atoms with van der Waals surface area (Å²) in [4.78, 5) is 0. The van der Waals surface area contributed by atoms with Gasteiger partial charge in [-0.2, -0.15) is 0 Å². The number of alkyl halides is 3. The van der Waals surface area contributed by atoms with Crippen LogP contribution in [-0.4, -0.2) is 18.1 Å². The summed E-state index contributed by atoms with van der Waals surface area (Å²) in [7, 11) is 0. The molecule has 0 spiro atoms. The number of hydrogen-bond acceptors (Lipinski definition) is 3. The minimum Gasteiger partial charge on any atom is -0.494 e. The normalized spacial score (nSPS) is 13.3. The zero-order chi connectivity index (χ0) is 13.1. The van der Waals surface area contributed by atoms with Crippen molar-refractivity contribution in [3.63, 3.8) is 0 Å². The first-order chi connectivity index (χ1) is 7.81. The molecule has 0 amide bonds. The van der Waals surface area contributed by atoms with Crippen molar-refractivity contribution in [2.75, 3.05) is 6.61 Å². The zero-order valence-electron chi connectivity index (χ0n) is 9.41. The maximum atomic E-state index is 12.1. The van der Waals surface area contributed by atoms with Gasteiger partial charge in [-0.05, 0) is 31.5 Å². The Morgan fingerprint density at radius 1 is 1.24 bits per heavy atom. The van der Waals surface area contributed by atoms with E-state index in [1.165, 1.54) is 13.0 Å². The molecule has 0 saturated carbocycles. The van der Waals surface area contributed by atoms with Gasteiger partial charge in [-0.25, -0.2) is 0 Å². The molecule has 0 fully saturated rings. The van der Waals surface area contributed by atoms with Crippen LogP contribution in [0.1, 0.15) is 25.5 Å². The van der Waals surface area contributed by atoms with Gasteiger partial charge >= 0.3 is 6.36 Å². The molecule has 1 rings (SSSR count). The molecule has 0 aliphatic rings. The molecule has 1 N–H and O–H groups in total. The van der Waals surface area contributed by atoms with Crippen LogP contribution in [0.25, 0.3) is 0 Å². The minimum absolute atomic E-state index is 0.227. The summed E-state index contributed by atoms with van der Waals surface area (Å²) in [6, 6.07) is 3.72. The lowest BCUT2D eigenvalue weighted by Crippen LogP contribution is -2.17. The summed E-state index contributed by atoms with van der Waals surface area (Å²) in [5.41, 5.74) is 0.301. The molecule has 1 unspecified atom stereocenters. The Hall–Kier alpha value is -1.43. The molecule has 0 aliphatic carbocycles. The van der Waals surface area contributed by atoms with Crippen molar-refractivity contribution in [1.82, 2.24) is 0 Å². The van der Waals surface area contributed by atoms with Gasteiger partial charge < -0.3 is 14.6 Å². The first kappa shape index (κ1) is 13.6. The third-order valence-corrected chi connectivity index (χ3v) is 1.93. The van der Waals surface area contributed by atoms with Crippen LogP contribution in [0.3, 0.4) is 0 Å². The number of benzene rings is 1. The second-order valence-electron chi connectivity index (χ2n) is 3.39. The third kappa shape index (κ3) is 4.52. The summed E-state index contributed by atoms with van der Waals surface area (Å²) in [6.07, 6.45) is -5.66. The average Bonchev–Trinajstić information content (AvgIpc) is 2.14. The lowest BCUT2D eigenvalue weighted by Gasteiger charge is -2.14. The predicted octanol–water partition coefficient (Wildman–Crippen LogP) is 3.04. The number of halogens is 3. The van der Waals surface area contributed by atoms with Crippen LogP contribution in [0.4, 0.5) is 13.2 Å². The van der Waals surface area contributed by atoms with Crippen molar-refractivity contribution >= 4 is 0 Å². The number of aliphatic hydroxyl groups is 1. The van der Waals surface area contributed by atoms with E-state index in [1.807, 2.05) is 0 Å². The van der Waals surface area contributed by atoms with Crippen molar-refractivity contribution in [3.8, 4) is 11.5 Å². The number of rotatable bonds is 4. The van der Waals surface area contributed by atoms with Gasteiger partial charge in [0.2, 0.25) is 0 Å². The van der Waals surface area contributed by atoms with Gasteiger partial charge in [-0.1, -0.05) is 0 Å². The summed E-state index contributed by atoms with van der Waals surface area (Å²) < 4.78 is 45.1. The van der Waals surface area contributed by atoms with Crippen molar-refractivity contribution in [2.24, 2.45) is 0 Å². The molecule has 1 aromatic carbocycles. The molecule has 0 heterocycles. The van der Waals surface area contributed by atoms with Crippen LogP contribution in [0, 0.1) is 0 Å². The summed E-state index contributed by atoms with van der Waals surface area (Å²) in [5, 5.41) is 9.35. The maximum Gasteiger partial charge on any atom is 0.573 e. The molecule has 0 bridgehead atoms. The first-order valence-corrected chi connectivity index (χ1v) is 5.03. The predicted molar refractivity (Wildman–Crippen MR) is 54.9 cm³/mol. The van der Waals surface area contributed by atoms with Crippen LogP contribution in [0.5, 0.6) is 11.5 Å². The van der Waals surface area contributed by atoms with E-state index < -0.39 is 18.2 Å². The third-order valence-electron chi connectivity index (χ3n) is 1.93. The van der Waals surface area contributed by atoms with Crippen LogP contribution in [0.2, 0.25) is 0 Å². The highest BCUT2D eigenvalue weighted by molar-refractivity contribution is 5.39. The Balaban J connectivity index is 3.03. The van der Waals surface area contributed by atoms with E-state index in [-0.39, 0.29) is 5.75 Å². The van der Waals surface area contributed by atoms with Crippen LogP contribution >= 0.6 is 0 Å². The van der Waals surface area contributed by atoms with Gasteiger partial charge in [0.05, 0.1) is 12.7 Å². The van der Waals surface area contributed by atoms with Crippen molar-refractivity contribution in [2.45, 2.75) is 26.3 Å². The molecule has 3 nitrogen and oxygen atoms in total. The van der Waals surface area contributed by atoms with E-state index in [2.05, 4.69) is 4.74 Å². The number of aliphatic hydroxyl groups excluding tert-OH is 1. The highest BCUT2D eigenvalue weighted by Crippen LogP contribution is 2.30. The molecule has 1 aromatic rings. The van der Waals surface area contributed by atoms with Gasteiger partial charge in [0.1, 0.15) is 11.5 Å². The average molecular weight is 250 g/mol. The summed E-state index contributed by atoms with van der Waals surface area (Å²) in [6.45, 7) is 3.47. The van der Waals surface area contributed by atoms with E-state index in [4.69, 9.17) is 4.74 Å². The Labute approximate surface area is 96.8 Å². The molecule has 0 aliphatic heterocycles. The van der Waals surface area contributed by atoms with E-state index in [9.17, 15) is 18.3 Å². The molecule has 17 heavy (non-hydrogen) atoms. The van der Waals surface area contributed by atoms with Crippen molar-refractivity contribution in [1.29, 1.82) is 0 Å². The largest absolute Gasteiger partial charge is 0.573 e. The molecule has 6 heteroatoms. The zero-order valence-corrected chi connectivity index (χ0v) is 9.41. The Morgan fingerprint density at radius 3 is 2.29 bits per heavy atom. The second kappa shape index (κ2) is 5.27. The van der Waals surface area contributed by atoms with Gasteiger partial charge in [-0.3, -0.25) is 0 Å². The van der Waals surface area contributed by atoms with Crippen LogP contribution in [-0.2, 0) is 0 Å². The van der Waals surface area contributed by atoms with Gasteiger partial charge in [0, 0.05) is 6.07 Å². The lowest BCUT2D eigenvalue weighted by molar-refractivity contribution is -0.274. The van der Waals surface area contributed by atoms with E-state index in [1.54, 1.807) is 6.92 Å². The monoisotopic (exact) mass is 250 g/mol. The first-order valence-electron chi connectivity index (χ1n) is 5.03. The molecule has 0 saturated heterocycles. The highest BCUT2D eigenvalue weighted by atomic mass is 19.4. The second-order valence-corrected chi connectivity index (χ2v) is 3.39. The Morgan fingerprint density at radius 2 is 1.82 bits per heavy atom. The molecule has 1 atom stereocenters. The molecular formula is C11H13F3O3. The lowest BCUT2D eigenvalue weighted by atomic mass is 10.1. The van der Waals surface area contributed by atoms with E-state index >= 15 is 0 Å². The fourth-order valence-corrected chi connectivity index (χ4v) is 1.28. The fourth-order valence-electron chi connectivity index (χ4n) is 1.28. The molecule has 96 valence electrons. The standard InChI is InChI=1S/C11H13F3O3/c1-3-16-9-4-8(7(2)15)5-10(6-9)17-11(12,13)14/h4-7,15H,3H2,1-2H3. The Bertz CT molecular complexity index is 375. The van der Waals surface area contributed by atoms with Gasteiger partial charge in [-0.15, -0.1) is 13.2 Å². The van der Waals surface area contributed by atoms with Crippen molar-refractivity contribution in [3.05, 3.63) is 23.8 Å². The number of ether oxygens (including phenoxy) is 2. The number of hydrogen-bond donors (Lipinski definition) is 1. The summed E-state index contributed by atoms with van der Waals surface area (Å²) in [5.74, 6) is -0.176. The SMILES string of the molecule is CCOc1cc(OC(F)(F)F)cc(C(C)O)c1. The Kier molecular flexibility index (Phi) is 4.22. The molecule has 0 aromatic heterocycles. The topological polar surface area (TPSA) is 38.7 Å². The quantitative estimate of drug-likeness (QED) is 0.892. The van der Waals surface area contributed by atoms with E-state index in [0.717, 1.165) is 12.1 Å². The van der Waals surface area contributed by atoms with Crippen molar-refractivity contribution < 1.29 is 27.8 Å². The minimum atomic E-state index is -4.76. The van der Waals surface area contributed by atoms with Crippen LogP contribution in [0.15, 0.2) is 18.2 Å². The molecular weight excluding hydrogens is 237 g/mol.